The zero-order valence-corrected chi connectivity index (χ0v) is 9.93. The van der Waals surface area contributed by atoms with E-state index in [1.54, 1.807) is 7.11 Å². The van der Waals surface area contributed by atoms with Gasteiger partial charge in [0.25, 0.3) is 0 Å². The van der Waals surface area contributed by atoms with Gasteiger partial charge in [0.15, 0.2) is 0 Å². The van der Waals surface area contributed by atoms with E-state index in [4.69, 9.17) is 15.2 Å². The highest BCUT2D eigenvalue weighted by atomic mass is 16.5. The molecule has 2 aromatic carbocycles. The van der Waals surface area contributed by atoms with Crippen molar-refractivity contribution in [2.45, 2.75) is 6.10 Å². The molecule has 2 N–H and O–H groups in total. The summed E-state index contributed by atoms with van der Waals surface area (Å²) in [7, 11) is 1.65. The molecule has 1 atom stereocenters. The van der Waals surface area contributed by atoms with Crippen molar-refractivity contribution in [3.8, 4) is 5.75 Å². The van der Waals surface area contributed by atoms with Crippen molar-refractivity contribution in [3.63, 3.8) is 0 Å². The molecule has 2 aromatic rings. The minimum atomic E-state index is -0.0961. The summed E-state index contributed by atoms with van der Waals surface area (Å²) in [6.07, 6.45) is -0.0961. The Bertz CT molecular complexity index is 484. The van der Waals surface area contributed by atoms with E-state index in [2.05, 4.69) is 12.1 Å². The molecular weight excluding hydrogens is 214 g/mol. The number of benzene rings is 2. The fraction of sp³-hybridized carbons (Fsp3) is 0.286. The van der Waals surface area contributed by atoms with E-state index in [9.17, 15) is 0 Å². The number of fused-ring (bicyclic) bond motifs is 1. The SMILES string of the molecule is COCC(CN)Oc1ccc2ccccc2c1. The number of hydrogen-bond donors (Lipinski definition) is 1. The quantitative estimate of drug-likeness (QED) is 0.858. The van der Waals surface area contributed by atoms with Gasteiger partial charge in [0.1, 0.15) is 11.9 Å². The lowest BCUT2D eigenvalue weighted by molar-refractivity contribution is 0.0861. The molecule has 0 saturated carbocycles. The van der Waals surface area contributed by atoms with Crippen LogP contribution in [0.3, 0.4) is 0 Å². The first-order valence-electron chi connectivity index (χ1n) is 5.68. The van der Waals surface area contributed by atoms with Crippen LogP contribution in [0, 0.1) is 0 Å². The lowest BCUT2D eigenvalue weighted by Gasteiger charge is -2.16. The maximum Gasteiger partial charge on any atom is 0.134 e. The highest BCUT2D eigenvalue weighted by molar-refractivity contribution is 5.83. The summed E-state index contributed by atoms with van der Waals surface area (Å²) >= 11 is 0. The average molecular weight is 231 g/mol. The molecule has 1 unspecified atom stereocenters. The van der Waals surface area contributed by atoms with Gasteiger partial charge in [-0.15, -0.1) is 0 Å². The molecule has 0 fully saturated rings. The van der Waals surface area contributed by atoms with E-state index in [1.165, 1.54) is 5.39 Å². The standard InChI is InChI=1S/C14H17NO2/c1-16-10-14(9-15)17-13-7-6-11-4-2-3-5-12(11)8-13/h2-8,14H,9-10,15H2,1H3. The maximum absolute atomic E-state index is 5.76. The largest absolute Gasteiger partial charge is 0.487 e. The Morgan fingerprint density at radius 1 is 1.12 bits per heavy atom. The van der Waals surface area contributed by atoms with E-state index in [0.717, 1.165) is 11.1 Å². The monoisotopic (exact) mass is 231 g/mol. The Morgan fingerprint density at radius 2 is 1.88 bits per heavy atom. The van der Waals surface area contributed by atoms with Gasteiger partial charge >= 0.3 is 0 Å². The molecule has 0 amide bonds. The maximum atomic E-state index is 5.76. The first-order valence-corrected chi connectivity index (χ1v) is 5.68. The van der Waals surface area contributed by atoms with Crippen LogP contribution in [-0.4, -0.2) is 26.4 Å². The second-order valence-corrected chi connectivity index (χ2v) is 3.94. The van der Waals surface area contributed by atoms with Crippen LogP contribution in [-0.2, 0) is 4.74 Å². The van der Waals surface area contributed by atoms with E-state index < -0.39 is 0 Å². The third-order valence-electron chi connectivity index (χ3n) is 2.64. The van der Waals surface area contributed by atoms with Crippen LogP contribution >= 0.6 is 0 Å². The summed E-state index contributed by atoms with van der Waals surface area (Å²) in [6, 6.07) is 14.2. The van der Waals surface area contributed by atoms with Gasteiger partial charge < -0.3 is 15.2 Å². The molecule has 0 saturated heterocycles. The second-order valence-electron chi connectivity index (χ2n) is 3.94. The van der Waals surface area contributed by atoms with Crippen molar-refractivity contribution in [1.29, 1.82) is 0 Å². The molecular formula is C14H17NO2. The average Bonchev–Trinajstić information content (AvgIpc) is 2.38. The van der Waals surface area contributed by atoms with Crippen molar-refractivity contribution in [1.82, 2.24) is 0 Å². The van der Waals surface area contributed by atoms with E-state index in [0.29, 0.717) is 13.2 Å². The lowest BCUT2D eigenvalue weighted by atomic mass is 10.1. The highest BCUT2D eigenvalue weighted by Crippen LogP contribution is 2.21. The van der Waals surface area contributed by atoms with Crippen molar-refractivity contribution < 1.29 is 9.47 Å². The van der Waals surface area contributed by atoms with Crippen LogP contribution < -0.4 is 10.5 Å². The van der Waals surface area contributed by atoms with Gasteiger partial charge in [-0.05, 0) is 22.9 Å². The van der Waals surface area contributed by atoms with E-state index >= 15 is 0 Å². The molecule has 90 valence electrons. The molecule has 3 heteroatoms. The van der Waals surface area contributed by atoms with Gasteiger partial charge in [0.05, 0.1) is 6.61 Å². The van der Waals surface area contributed by atoms with Crippen molar-refractivity contribution in [2.24, 2.45) is 5.73 Å². The fourth-order valence-electron chi connectivity index (χ4n) is 1.77. The molecule has 17 heavy (non-hydrogen) atoms. The predicted octanol–water partition coefficient (Wildman–Crippen LogP) is 2.19. The highest BCUT2D eigenvalue weighted by Gasteiger charge is 2.07. The van der Waals surface area contributed by atoms with Gasteiger partial charge in [0.2, 0.25) is 0 Å². The molecule has 0 aliphatic rings. The van der Waals surface area contributed by atoms with Gasteiger partial charge in [0, 0.05) is 13.7 Å². The van der Waals surface area contributed by atoms with Crippen LogP contribution in [0.1, 0.15) is 0 Å². The zero-order chi connectivity index (χ0) is 12.1. The van der Waals surface area contributed by atoms with Crippen molar-refractivity contribution >= 4 is 10.8 Å². The van der Waals surface area contributed by atoms with Crippen LogP contribution in [0.5, 0.6) is 5.75 Å². The Hall–Kier alpha value is -1.58. The van der Waals surface area contributed by atoms with Crippen LogP contribution in [0.25, 0.3) is 10.8 Å². The van der Waals surface area contributed by atoms with Gasteiger partial charge in [-0.25, -0.2) is 0 Å². The molecule has 0 radical (unpaired) electrons. The third kappa shape index (κ3) is 2.96. The molecule has 2 rings (SSSR count). The Kier molecular flexibility index (Phi) is 3.96. The fourth-order valence-corrected chi connectivity index (χ4v) is 1.77. The van der Waals surface area contributed by atoms with Crippen LogP contribution in [0.2, 0.25) is 0 Å². The first kappa shape index (κ1) is 11.9. The molecule has 0 heterocycles. The number of ether oxygens (including phenoxy) is 2. The minimum absolute atomic E-state index is 0.0961. The topological polar surface area (TPSA) is 44.5 Å². The minimum Gasteiger partial charge on any atom is -0.487 e. The summed E-state index contributed by atoms with van der Waals surface area (Å²) in [5.74, 6) is 0.830. The summed E-state index contributed by atoms with van der Waals surface area (Å²) in [5.41, 5.74) is 5.61. The molecule has 0 aromatic heterocycles. The van der Waals surface area contributed by atoms with Gasteiger partial charge in [-0.3, -0.25) is 0 Å². The lowest BCUT2D eigenvalue weighted by Crippen LogP contribution is -2.31. The Morgan fingerprint density at radius 3 is 2.59 bits per heavy atom. The number of hydrogen-bond acceptors (Lipinski definition) is 3. The molecule has 0 spiro atoms. The number of methoxy groups -OCH3 is 1. The number of nitrogens with two attached hydrogens (primary N) is 1. The second kappa shape index (κ2) is 5.66. The molecule has 0 aliphatic carbocycles. The summed E-state index contributed by atoms with van der Waals surface area (Å²) in [4.78, 5) is 0. The zero-order valence-electron chi connectivity index (χ0n) is 9.93. The normalized spacial score (nSPS) is 12.6. The van der Waals surface area contributed by atoms with Crippen LogP contribution in [0.15, 0.2) is 42.5 Å². The molecule has 0 bridgehead atoms. The smallest absolute Gasteiger partial charge is 0.134 e. The predicted molar refractivity (Wildman–Crippen MR) is 69.3 cm³/mol. The van der Waals surface area contributed by atoms with Crippen LogP contribution in [0.4, 0.5) is 0 Å². The summed E-state index contributed by atoms with van der Waals surface area (Å²) < 4.78 is 10.8. The molecule has 3 nitrogen and oxygen atoms in total. The van der Waals surface area contributed by atoms with Gasteiger partial charge in [-0.2, -0.15) is 0 Å². The number of rotatable bonds is 5. The Labute approximate surface area is 101 Å². The summed E-state index contributed by atoms with van der Waals surface area (Å²) in [6.45, 7) is 0.948. The van der Waals surface area contributed by atoms with Gasteiger partial charge in [-0.1, -0.05) is 30.3 Å². The van der Waals surface area contributed by atoms with E-state index in [1.807, 2.05) is 30.3 Å². The third-order valence-corrected chi connectivity index (χ3v) is 2.64. The van der Waals surface area contributed by atoms with E-state index in [-0.39, 0.29) is 6.10 Å². The van der Waals surface area contributed by atoms with Crippen molar-refractivity contribution in [3.05, 3.63) is 42.5 Å². The first-order chi connectivity index (χ1) is 8.33. The summed E-state index contributed by atoms with van der Waals surface area (Å²) in [5, 5.41) is 2.37. The Balaban J connectivity index is 2.18. The van der Waals surface area contributed by atoms with Crippen molar-refractivity contribution in [2.75, 3.05) is 20.3 Å². The molecule has 0 aliphatic heterocycles.